The van der Waals surface area contributed by atoms with Gasteiger partial charge in [-0.15, -0.1) is 0 Å². The van der Waals surface area contributed by atoms with Crippen LogP contribution in [0.25, 0.3) is 0 Å². The van der Waals surface area contributed by atoms with Gasteiger partial charge in [-0.25, -0.2) is 4.79 Å². The maximum absolute atomic E-state index is 12.1. The quantitative estimate of drug-likeness (QED) is 0.900. The molecule has 2 rings (SSSR count). The second-order valence-electron chi connectivity index (χ2n) is 6.84. The first kappa shape index (κ1) is 16.6. The fourth-order valence-electron chi connectivity index (χ4n) is 2.84. The highest BCUT2D eigenvalue weighted by Crippen LogP contribution is 2.34. The molecule has 0 saturated heterocycles. The van der Waals surface area contributed by atoms with Gasteiger partial charge in [0.15, 0.2) is 0 Å². The summed E-state index contributed by atoms with van der Waals surface area (Å²) in [5, 5.41) is 12.7. The smallest absolute Gasteiger partial charge is 0.408 e. The Hall–Kier alpha value is -1.75. The van der Waals surface area contributed by atoms with E-state index in [1.807, 2.05) is 32.9 Å². The monoisotopic (exact) mass is 307 g/mol. The molecule has 0 aliphatic heterocycles. The molecule has 1 aromatic rings. The molecule has 5 nitrogen and oxygen atoms in total. The Kier molecular flexibility index (Phi) is 4.66. The number of benzene rings is 1. The van der Waals surface area contributed by atoms with Gasteiger partial charge in [-0.05, 0) is 50.8 Å². The van der Waals surface area contributed by atoms with Crippen molar-refractivity contribution in [1.82, 2.24) is 5.32 Å². The van der Waals surface area contributed by atoms with Gasteiger partial charge in [-0.3, -0.25) is 0 Å². The lowest BCUT2D eigenvalue weighted by atomic mass is 9.78. The van der Waals surface area contributed by atoms with Crippen molar-refractivity contribution in [2.45, 2.75) is 51.2 Å². The van der Waals surface area contributed by atoms with Crippen molar-refractivity contribution in [1.29, 1.82) is 0 Å². The zero-order valence-electron chi connectivity index (χ0n) is 13.7. The predicted octanol–water partition coefficient (Wildman–Crippen LogP) is 2.44. The van der Waals surface area contributed by atoms with Crippen molar-refractivity contribution in [3.8, 4) is 5.75 Å². The predicted molar refractivity (Wildman–Crippen MR) is 84.2 cm³/mol. The molecule has 122 valence electrons. The van der Waals surface area contributed by atoms with Crippen LogP contribution in [-0.4, -0.2) is 36.1 Å². The third-order valence-electron chi connectivity index (χ3n) is 3.91. The van der Waals surface area contributed by atoms with Crippen LogP contribution in [0.2, 0.25) is 0 Å². The third kappa shape index (κ3) is 3.71. The van der Waals surface area contributed by atoms with Crippen LogP contribution < -0.4 is 10.1 Å². The summed E-state index contributed by atoms with van der Waals surface area (Å²) in [5.41, 5.74) is 0.977. The van der Waals surface area contributed by atoms with Crippen LogP contribution in [0.5, 0.6) is 5.75 Å². The average Bonchev–Trinajstić information content (AvgIpc) is 2.44. The number of amides is 1. The Bertz CT molecular complexity index is 536. The number of carbonyl (C=O) groups excluding carboxylic acids is 1. The van der Waals surface area contributed by atoms with Crippen molar-refractivity contribution < 1.29 is 19.4 Å². The fraction of sp³-hybridized carbons (Fsp3) is 0.588. The highest BCUT2D eigenvalue weighted by molar-refractivity contribution is 5.69. The minimum absolute atomic E-state index is 0.135. The lowest BCUT2D eigenvalue weighted by Crippen LogP contribution is -2.55. The highest BCUT2D eigenvalue weighted by Gasteiger charge is 2.37. The molecule has 1 unspecified atom stereocenters. The molecule has 0 bridgehead atoms. The van der Waals surface area contributed by atoms with Gasteiger partial charge >= 0.3 is 6.09 Å². The van der Waals surface area contributed by atoms with Crippen LogP contribution in [-0.2, 0) is 17.6 Å². The topological polar surface area (TPSA) is 67.8 Å². The molecule has 1 aliphatic rings. The van der Waals surface area contributed by atoms with Crippen LogP contribution in [0.4, 0.5) is 4.79 Å². The van der Waals surface area contributed by atoms with Crippen molar-refractivity contribution >= 4 is 6.09 Å². The minimum Gasteiger partial charge on any atom is -0.496 e. The molecule has 0 radical (unpaired) electrons. The van der Waals surface area contributed by atoms with E-state index in [0.29, 0.717) is 12.8 Å². The van der Waals surface area contributed by atoms with E-state index in [2.05, 4.69) is 11.4 Å². The molecule has 0 aromatic heterocycles. The first-order chi connectivity index (χ1) is 10.3. The molecule has 1 aromatic carbocycles. The van der Waals surface area contributed by atoms with Crippen LogP contribution in [0, 0.1) is 0 Å². The van der Waals surface area contributed by atoms with Gasteiger partial charge in [0.1, 0.15) is 11.4 Å². The molecule has 0 fully saturated rings. The molecule has 1 aliphatic carbocycles. The molecule has 0 saturated carbocycles. The van der Waals surface area contributed by atoms with E-state index in [1.165, 1.54) is 5.56 Å². The second-order valence-corrected chi connectivity index (χ2v) is 6.84. The average molecular weight is 307 g/mol. The summed E-state index contributed by atoms with van der Waals surface area (Å²) < 4.78 is 10.7. The number of fused-ring (bicyclic) bond motifs is 1. The van der Waals surface area contributed by atoms with E-state index < -0.39 is 17.2 Å². The molecule has 0 spiro atoms. The molecule has 0 heterocycles. The van der Waals surface area contributed by atoms with E-state index in [0.717, 1.165) is 17.7 Å². The normalized spacial score (nSPS) is 21.0. The van der Waals surface area contributed by atoms with Crippen molar-refractivity contribution in [2.24, 2.45) is 0 Å². The largest absolute Gasteiger partial charge is 0.496 e. The van der Waals surface area contributed by atoms with Gasteiger partial charge in [0.05, 0.1) is 19.3 Å². The van der Waals surface area contributed by atoms with Gasteiger partial charge in [0.25, 0.3) is 0 Å². The van der Waals surface area contributed by atoms with Crippen LogP contribution in [0.15, 0.2) is 18.2 Å². The zero-order valence-corrected chi connectivity index (χ0v) is 13.7. The first-order valence-corrected chi connectivity index (χ1v) is 7.55. The van der Waals surface area contributed by atoms with Gasteiger partial charge in [-0.2, -0.15) is 0 Å². The number of methoxy groups -OCH3 is 1. The van der Waals surface area contributed by atoms with Gasteiger partial charge < -0.3 is 19.9 Å². The Morgan fingerprint density at radius 3 is 2.73 bits per heavy atom. The summed E-state index contributed by atoms with van der Waals surface area (Å²) >= 11 is 0. The van der Waals surface area contributed by atoms with E-state index in [-0.39, 0.29) is 6.61 Å². The number of nitrogens with one attached hydrogen (secondary N) is 1. The van der Waals surface area contributed by atoms with Crippen LogP contribution >= 0.6 is 0 Å². The minimum atomic E-state index is -0.704. The molecule has 22 heavy (non-hydrogen) atoms. The van der Waals surface area contributed by atoms with E-state index in [4.69, 9.17) is 9.47 Å². The van der Waals surface area contributed by atoms with E-state index in [9.17, 15) is 9.90 Å². The SMILES string of the molecule is COc1cccc2c1CC(CO)(NC(=O)OC(C)(C)C)CC2. The summed E-state index contributed by atoms with van der Waals surface area (Å²) in [7, 11) is 1.63. The van der Waals surface area contributed by atoms with Crippen molar-refractivity contribution in [3.63, 3.8) is 0 Å². The number of aryl methyl sites for hydroxylation is 1. The molecular formula is C17H25NO4. The highest BCUT2D eigenvalue weighted by atomic mass is 16.6. The summed E-state index contributed by atoms with van der Waals surface area (Å²) in [6, 6.07) is 5.93. The Morgan fingerprint density at radius 2 is 2.14 bits per heavy atom. The number of aliphatic hydroxyl groups is 1. The Morgan fingerprint density at radius 1 is 1.41 bits per heavy atom. The van der Waals surface area contributed by atoms with E-state index in [1.54, 1.807) is 7.11 Å². The molecule has 1 amide bonds. The van der Waals surface area contributed by atoms with Gasteiger partial charge in [-0.1, -0.05) is 12.1 Å². The summed E-state index contributed by atoms with van der Waals surface area (Å²) in [5.74, 6) is 0.793. The third-order valence-corrected chi connectivity index (χ3v) is 3.91. The Balaban J connectivity index is 2.20. The van der Waals surface area contributed by atoms with Crippen LogP contribution in [0.3, 0.4) is 0 Å². The molecule has 5 heteroatoms. The summed E-state index contributed by atoms with van der Waals surface area (Å²) in [6.07, 6.45) is 1.48. The molecular weight excluding hydrogens is 282 g/mol. The van der Waals surface area contributed by atoms with E-state index >= 15 is 0 Å². The zero-order chi connectivity index (χ0) is 16.4. The van der Waals surface area contributed by atoms with Crippen molar-refractivity contribution in [3.05, 3.63) is 29.3 Å². The number of hydrogen-bond acceptors (Lipinski definition) is 4. The maximum atomic E-state index is 12.1. The number of alkyl carbamates (subject to hydrolysis) is 1. The number of aliphatic hydroxyl groups excluding tert-OH is 1. The maximum Gasteiger partial charge on any atom is 0.408 e. The van der Waals surface area contributed by atoms with Gasteiger partial charge in [0, 0.05) is 6.42 Å². The summed E-state index contributed by atoms with van der Waals surface area (Å²) in [4.78, 5) is 12.1. The second kappa shape index (κ2) is 6.16. The lowest BCUT2D eigenvalue weighted by Gasteiger charge is -2.38. The fourth-order valence-corrected chi connectivity index (χ4v) is 2.84. The molecule has 2 N–H and O–H groups in total. The first-order valence-electron chi connectivity index (χ1n) is 7.55. The number of ether oxygens (including phenoxy) is 2. The number of carbonyl (C=O) groups is 1. The van der Waals surface area contributed by atoms with Crippen LogP contribution in [0.1, 0.15) is 38.3 Å². The number of rotatable bonds is 3. The van der Waals surface area contributed by atoms with Crippen molar-refractivity contribution in [2.75, 3.05) is 13.7 Å². The lowest BCUT2D eigenvalue weighted by molar-refractivity contribution is 0.0378. The molecule has 1 atom stereocenters. The summed E-state index contributed by atoms with van der Waals surface area (Å²) in [6.45, 7) is 5.32. The standard InChI is InChI=1S/C17H25NO4/c1-16(2,3)22-15(20)18-17(11-19)9-8-12-6-5-7-14(21-4)13(12)10-17/h5-7,19H,8-11H2,1-4H3,(H,18,20). The van der Waals surface area contributed by atoms with Gasteiger partial charge in [0.2, 0.25) is 0 Å². The Labute approximate surface area is 131 Å². The number of hydrogen-bond donors (Lipinski definition) is 2.